The molecule has 0 aliphatic carbocycles. The van der Waals surface area contributed by atoms with Gasteiger partial charge in [0.1, 0.15) is 6.04 Å². The molecule has 9 nitrogen and oxygen atoms in total. The van der Waals surface area contributed by atoms with E-state index in [0.29, 0.717) is 17.7 Å². The summed E-state index contributed by atoms with van der Waals surface area (Å²) >= 11 is 0. The second kappa shape index (κ2) is 10.7. The van der Waals surface area contributed by atoms with Crippen LogP contribution < -0.4 is 5.32 Å². The lowest BCUT2D eigenvalue weighted by atomic mass is 9.92. The number of benzene rings is 2. The van der Waals surface area contributed by atoms with Crippen molar-refractivity contribution in [1.29, 1.82) is 0 Å². The molecule has 1 atom stereocenters. The van der Waals surface area contributed by atoms with Crippen molar-refractivity contribution < 1.29 is 58.9 Å². The Hall–Kier alpha value is -3.37. The van der Waals surface area contributed by atoms with Crippen LogP contribution in [0.1, 0.15) is 22.7 Å². The van der Waals surface area contributed by atoms with E-state index in [2.05, 4.69) is 5.32 Å². The Bertz CT molecular complexity index is 1330. The number of aliphatic hydroxyl groups is 1. The molecule has 214 valence electrons. The minimum Gasteiger partial charge on any atom is -0.453 e. The first-order chi connectivity index (χ1) is 18.0. The molecule has 16 heteroatoms. The second-order valence-corrected chi connectivity index (χ2v) is 10.6. The monoisotopic (exact) mass is 584 g/mol. The smallest absolute Gasteiger partial charge is 0.430 e. The maximum absolute atomic E-state index is 13.1. The average molecular weight is 584 g/mol. The Kier molecular flexibility index (Phi) is 8.24. The van der Waals surface area contributed by atoms with Gasteiger partial charge < -0.3 is 19.9 Å². The largest absolute Gasteiger partial charge is 0.453 e. The summed E-state index contributed by atoms with van der Waals surface area (Å²) < 4.78 is 113. The summed E-state index contributed by atoms with van der Waals surface area (Å²) in [5.74, 6) is -1.23. The van der Waals surface area contributed by atoms with Gasteiger partial charge in [0.25, 0.3) is 11.5 Å². The molecule has 0 spiro atoms. The number of alkyl halides is 6. The molecule has 2 N–H and O–H groups in total. The number of methoxy groups -OCH3 is 2. The van der Waals surface area contributed by atoms with Crippen molar-refractivity contribution in [3.8, 4) is 0 Å². The van der Waals surface area contributed by atoms with Crippen molar-refractivity contribution in [2.24, 2.45) is 0 Å². The van der Waals surface area contributed by atoms with Gasteiger partial charge in [0, 0.05) is 18.4 Å². The minimum absolute atomic E-state index is 0.0686. The average Bonchev–Trinajstić information content (AvgIpc) is 3.24. The first-order valence-corrected chi connectivity index (χ1v) is 12.6. The number of anilines is 1. The SMILES string of the molecule is COCCS(=O)(=O)c1ccc2c(c1)CN(C(=O)OC)C2C(=O)Nc1ccc(C(O)(C(F)(F)F)C(F)(F)F)cc1. The number of ether oxygens (including phenoxy) is 2. The summed E-state index contributed by atoms with van der Waals surface area (Å²) in [6.07, 6.45) is -13.1. The van der Waals surface area contributed by atoms with Gasteiger partial charge in [-0.1, -0.05) is 18.2 Å². The van der Waals surface area contributed by atoms with Crippen LogP contribution in [0.15, 0.2) is 47.4 Å². The van der Waals surface area contributed by atoms with Gasteiger partial charge >= 0.3 is 18.4 Å². The second-order valence-electron chi connectivity index (χ2n) is 8.45. The predicted octanol–water partition coefficient (Wildman–Crippen LogP) is 3.68. The Balaban J connectivity index is 1.92. The highest BCUT2D eigenvalue weighted by Crippen LogP contribution is 2.50. The summed E-state index contributed by atoms with van der Waals surface area (Å²) in [6, 6.07) is 4.62. The summed E-state index contributed by atoms with van der Waals surface area (Å²) in [5.41, 5.74) is -6.38. The van der Waals surface area contributed by atoms with Gasteiger partial charge in [0.2, 0.25) is 0 Å². The number of rotatable bonds is 7. The standard InChI is InChI=1S/C23H22F6N2O7S/c1-37-9-10-39(35,36)16-7-8-17-13(11-16)12-31(20(33)38-2)18(17)19(32)30-15-5-3-14(4-6-15)21(34,22(24,25)26)23(27,28)29/h3-8,11,18,34H,9-10,12H2,1-2H3,(H,30,32). The van der Waals surface area contributed by atoms with Crippen molar-refractivity contribution in [1.82, 2.24) is 4.90 Å². The van der Waals surface area contributed by atoms with Gasteiger partial charge in [0.15, 0.2) is 9.84 Å². The number of amides is 2. The number of hydrogen-bond acceptors (Lipinski definition) is 7. The molecule has 0 saturated heterocycles. The van der Waals surface area contributed by atoms with E-state index in [-0.39, 0.29) is 35.1 Å². The van der Waals surface area contributed by atoms with Crippen molar-refractivity contribution in [2.75, 3.05) is 31.9 Å². The van der Waals surface area contributed by atoms with Gasteiger partial charge in [-0.05, 0) is 35.4 Å². The lowest BCUT2D eigenvalue weighted by Gasteiger charge is -2.32. The summed E-state index contributed by atoms with van der Waals surface area (Å²) in [4.78, 5) is 26.4. The first-order valence-electron chi connectivity index (χ1n) is 10.9. The Morgan fingerprint density at radius 2 is 1.62 bits per heavy atom. The van der Waals surface area contributed by atoms with Crippen LogP contribution in [0.4, 0.5) is 36.8 Å². The molecule has 0 saturated carbocycles. The van der Waals surface area contributed by atoms with E-state index in [9.17, 15) is 49.5 Å². The zero-order chi connectivity index (χ0) is 29.4. The molecule has 3 rings (SSSR count). The van der Waals surface area contributed by atoms with Crippen LogP contribution in [0, 0.1) is 0 Å². The number of halogens is 6. The fraction of sp³-hybridized carbons (Fsp3) is 0.391. The van der Waals surface area contributed by atoms with Gasteiger partial charge in [-0.2, -0.15) is 26.3 Å². The molecule has 2 amide bonds. The summed E-state index contributed by atoms with van der Waals surface area (Å²) in [6.45, 7) is -0.294. The van der Waals surface area contributed by atoms with Crippen molar-refractivity contribution >= 4 is 27.5 Å². The summed E-state index contributed by atoms with van der Waals surface area (Å²) in [7, 11) is -1.38. The molecule has 1 aliphatic rings. The molecule has 0 bridgehead atoms. The Morgan fingerprint density at radius 3 is 2.13 bits per heavy atom. The molecule has 1 heterocycles. The third-order valence-electron chi connectivity index (χ3n) is 6.02. The molecular formula is C23H22F6N2O7S. The van der Waals surface area contributed by atoms with E-state index < -0.39 is 51.4 Å². The Morgan fingerprint density at radius 1 is 1.03 bits per heavy atom. The van der Waals surface area contributed by atoms with Gasteiger partial charge in [-0.25, -0.2) is 13.2 Å². The van der Waals surface area contributed by atoms with Crippen LogP contribution in [0.25, 0.3) is 0 Å². The van der Waals surface area contributed by atoms with Crippen LogP contribution in [0.3, 0.4) is 0 Å². The number of carbonyl (C=O) groups is 2. The molecule has 1 aliphatic heterocycles. The number of carbonyl (C=O) groups excluding carboxylic acids is 2. The highest BCUT2D eigenvalue weighted by molar-refractivity contribution is 7.91. The third-order valence-corrected chi connectivity index (χ3v) is 7.70. The quantitative estimate of drug-likeness (QED) is 0.477. The molecule has 1 unspecified atom stereocenters. The lowest BCUT2D eigenvalue weighted by Crippen LogP contribution is -2.53. The van der Waals surface area contributed by atoms with Crippen molar-refractivity contribution in [3.63, 3.8) is 0 Å². The normalized spacial score (nSPS) is 16.1. The van der Waals surface area contributed by atoms with Gasteiger partial charge in [0.05, 0.1) is 30.9 Å². The maximum Gasteiger partial charge on any atom is 0.430 e. The molecule has 39 heavy (non-hydrogen) atoms. The van der Waals surface area contributed by atoms with Crippen LogP contribution >= 0.6 is 0 Å². The van der Waals surface area contributed by atoms with Crippen LogP contribution in [0.5, 0.6) is 0 Å². The first kappa shape index (κ1) is 30.2. The van der Waals surface area contributed by atoms with Gasteiger partial charge in [-0.3, -0.25) is 9.69 Å². The third kappa shape index (κ3) is 5.67. The summed E-state index contributed by atoms with van der Waals surface area (Å²) in [5, 5.41) is 11.8. The fourth-order valence-electron chi connectivity index (χ4n) is 4.00. The highest BCUT2D eigenvalue weighted by atomic mass is 32.2. The zero-order valence-electron chi connectivity index (χ0n) is 20.3. The molecule has 0 aromatic heterocycles. The number of nitrogens with zero attached hydrogens (tertiary/aromatic N) is 1. The zero-order valence-corrected chi connectivity index (χ0v) is 21.1. The highest BCUT2D eigenvalue weighted by Gasteiger charge is 2.71. The van der Waals surface area contributed by atoms with E-state index in [1.165, 1.54) is 25.3 Å². The van der Waals surface area contributed by atoms with Crippen LogP contribution in [-0.2, 0) is 36.3 Å². The topological polar surface area (TPSA) is 122 Å². The van der Waals surface area contributed by atoms with E-state index in [0.717, 1.165) is 24.1 Å². The fourth-order valence-corrected chi connectivity index (χ4v) is 5.22. The van der Waals surface area contributed by atoms with E-state index >= 15 is 0 Å². The molecule has 2 aromatic carbocycles. The lowest BCUT2D eigenvalue weighted by molar-refractivity contribution is -0.376. The van der Waals surface area contributed by atoms with Crippen LogP contribution in [-0.4, -0.2) is 69.4 Å². The van der Waals surface area contributed by atoms with E-state index in [4.69, 9.17) is 9.47 Å². The minimum atomic E-state index is -6.08. The molecule has 0 fully saturated rings. The predicted molar refractivity (Wildman–Crippen MR) is 122 cm³/mol. The number of hydrogen-bond donors (Lipinski definition) is 2. The molecular weight excluding hydrogens is 562 g/mol. The number of nitrogens with one attached hydrogen (secondary N) is 1. The van der Waals surface area contributed by atoms with Crippen molar-refractivity contribution in [2.45, 2.75) is 35.4 Å². The Labute approximate surface area is 218 Å². The molecule has 2 aromatic rings. The maximum atomic E-state index is 13.1. The van der Waals surface area contributed by atoms with E-state index in [1.54, 1.807) is 0 Å². The number of fused-ring (bicyclic) bond motifs is 1. The van der Waals surface area contributed by atoms with E-state index in [1.807, 2.05) is 0 Å². The van der Waals surface area contributed by atoms with Gasteiger partial charge in [-0.15, -0.1) is 0 Å². The number of sulfone groups is 1. The van der Waals surface area contributed by atoms with Crippen LogP contribution in [0.2, 0.25) is 0 Å². The molecule has 0 radical (unpaired) electrons. The van der Waals surface area contributed by atoms with Crippen molar-refractivity contribution in [3.05, 3.63) is 59.2 Å².